The first kappa shape index (κ1) is 23.0. The Balaban J connectivity index is 1.72. The molecule has 174 valence electrons. The van der Waals surface area contributed by atoms with E-state index in [-0.39, 0.29) is 23.6 Å². The highest BCUT2D eigenvalue weighted by Gasteiger charge is 2.37. The van der Waals surface area contributed by atoms with Crippen molar-refractivity contribution in [3.05, 3.63) is 136 Å². The van der Waals surface area contributed by atoms with Crippen molar-refractivity contribution in [1.29, 1.82) is 0 Å². The van der Waals surface area contributed by atoms with Crippen molar-refractivity contribution in [2.75, 3.05) is 4.90 Å². The lowest BCUT2D eigenvalue weighted by molar-refractivity contribution is -0.113. The number of hydrogen-bond donors (Lipinski definition) is 2. The number of carbonyl (C=O) groups excluding carboxylic acids is 1. The van der Waals surface area contributed by atoms with Gasteiger partial charge in [-0.3, -0.25) is 4.79 Å². The zero-order valence-corrected chi connectivity index (χ0v) is 19.3. The van der Waals surface area contributed by atoms with Gasteiger partial charge in [-0.15, -0.1) is 0 Å². The van der Waals surface area contributed by atoms with E-state index in [0.29, 0.717) is 27.4 Å². The Labute approximate surface area is 207 Å². The van der Waals surface area contributed by atoms with Crippen LogP contribution in [0.25, 0.3) is 11.1 Å². The molecular weight excluding hydrogens is 465 g/mol. The molecule has 0 saturated heterocycles. The molecule has 2 N–H and O–H groups in total. The Kier molecular flexibility index (Phi) is 6.22. The smallest absolute Gasteiger partial charge is 0.260 e. The van der Waals surface area contributed by atoms with Crippen LogP contribution in [0.4, 0.5) is 10.1 Å². The predicted octanol–water partition coefficient (Wildman–Crippen LogP) is 5.97. The summed E-state index contributed by atoms with van der Waals surface area (Å²) in [5.74, 6) is -0.830. The zero-order chi connectivity index (χ0) is 24.5. The van der Waals surface area contributed by atoms with E-state index < -0.39 is 12.1 Å². The average Bonchev–Trinajstić information content (AvgIpc) is 3.14. The quantitative estimate of drug-likeness (QED) is 0.270. The second-order valence-corrected chi connectivity index (χ2v) is 8.70. The van der Waals surface area contributed by atoms with Crippen molar-refractivity contribution in [2.45, 2.75) is 12.8 Å². The van der Waals surface area contributed by atoms with Crippen LogP contribution in [-0.4, -0.2) is 16.1 Å². The van der Waals surface area contributed by atoms with Gasteiger partial charge in [0.1, 0.15) is 5.82 Å². The largest absolute Gasteiger partial charge is 0.364 e. The molecule has 0 fully saturated rings. The molecule has 1 heterocycles. The first-order chi connectivity index (χ1) is 16.9. The molecule has 4 nitrogen and oxygen atoms in total. The van der Waals surface area contributed by atoms with Crippen LogP contribution >= 0.6 is 11.6 Å². The Morgan fingerprint density at radius 1 is 0.857 bits per heavy atom. The van der Waals surface area contributed by atoms with Crippen LogP contribution in [0, 0.1) is 5.82 Å². The fourth-order valence-corrected chi connectivity index (χ4v) is 4.56. The van der Waals surface area contributed by atoms with Gasteiger partial charge < -0.3 is 15.1 Å². The Morgan fingerprint density at radius 2 is 1.54 bits per heavy atom. The lowest BCUT2D eigenvalue weighted by Gasteiger charge is -2.18. The second kappa shape index (κ2) is 9.47. The summed E-state index contributed by atoms with van der Waals surface area (Å²) >= 11 is 6.12. The summed E-state index contributed by atoms with van der Waals surface area (Å²) in [7, 11) is 0. The van der Waals surface area contributed by atoms with E-state index in [0.717, 1.165) is 11.1 Å². The minimum atomic E-state index is -1.63. The third kappa shape index (κ3) is 4.37. The Bertz CT molecular complexity index is 1430. The summed E-state index contributed by atoms with van der Waals surface area (Å²) in [4.78, 5) is 15.5. The molecule has 1 aliphatic heterocycles. The molecule has 1 aliphatic rings. The maximum atomic E-state index is 15.4. The predicted molar refractivity (Wildman–Crippen MR) is 135 cm³/mol. The van der Waals surface area contributed by atoms with E-state index in [1.54, 1.807) is 48.5 Å². The van der Waals surface area contributed by atoms with Gasteiger partial charge in [-0.2, -0.15) is 0 Å². The Hall–Kier alpha value is -3.77. The van der Waals surface area contributed by atoms with Gasteiger partial charge >= 0.3 is 0 Å². The molecule has 0 unspecified atom stereocenters. The third-order valence-corrected chi connectivity index (χ3v) is 6.28. The maximum Gasteiger partial charge on any atom is 0.260 e. The van der Waals surface area contributed by atoms with E-state index >= 15 is 4.39 Å². The van der Waals surface area contributed by atoms with E-state index in [1.807, 2.05) is 42.5 Å². The second-order valence-electron chi connectivity index (χ2n) is 8.27. The number of fused-ring (bicyclic) bond motifs is 1. The van der Waals surface area contributed by atoms with Crippen LogP contribution in [0.1, 0.15) is 34.1 Å². The molecule has 0 saturated carbocycles. The van der Waals surface area contributed by atoms with Gasteiger partial charge in [0.05, 0.1) is 17.8 Å². The first-order valence-corrected chi connectivity index (χ1v) is 11.4. The summed E-state index contributed by atoms with van der Waals surface area (Å²) in [6, 6.07) is 27.9. The average molecular weight is 486 g/mol. The molecule has 0 aliphatic carbocycles. The number of amides is 1. The van der Waals surface area contributed by atoms with Crippen LogP contribution in [0.15, 0.2) is 97.1 Å². The van der Waals surface area contributed by atoms with E-state index in [2.05, 4.69) is 0 Å². The molecule has 4 aromatic rings. The number of rotatable bonds is 5. The SMILES string of the molecule is O=C1/C(=C(\c2ccccc2)c2ccc(Cl)cc2)c2c(F)cccc2N1Cc1cccc(C(O)O)c1. The number of aliphatic hydroxyl groups is 2. The fraction of sp³-hybridized carbons (Fsp3) is 0.0690. The number of aliphatic hydroxyl groups excluding tert-OH is 1. The van der Waals surface area contributed by atoms with Crippen molar-refractivity contribution in [3.63, 3.8) is 0 Å². The van der Waals surface area contributed by atoms with Crippen molar-refractivity contribution in [1.82, 2.24) is 0 Å². The van der Waals surface area contributed by atoms with Gasteiger partial charge in [0.25, 0.3) is 5.91 Å². The van der Waals surface area contributed by atoms with Crippen LogP contribution in [-0.2, 0) is 11.3 Å². The van der Waals surface area contributed by atoms with Crippen LogP contribution in [0.2, 0.25) is 5.02 Å². The minimum absolute atomic E-state index is 0.141. The van der Waals surface area contributed by atoms with E-state index in [1.165, 1.54) is 11.0 Å². The maximum absolute atomic E-state index is 15.4. The number of hydrogen-bond acceptors (Lipinski definition) is 3. The van der Waals surface area contributed by atoms with Gasteiger partial charge in [-0.05, 0) is 47.0 Å². The topological polar surface area (TPSA) is 60.8 Å². The van der Waals surface area contributed by atoms with Crippen LogP contribution in [0.3, 0.4) is 0 Å². The first-order valence-electron chi connectivity index (χ1n) is 11.1. The normalized spacial score (nSPS) is 14.4. The lowest BCUT2D eigenvalue weighted by atomic mass is 9.90. The fourth-order valence-electron chi connectivity index (χ4n) is 4.44. The highest BCUT2D eigenvalue weighted by Crippen LogP contribution is 2.45. The molecule has 0 aromatic heterocycles. The summed E-state index contributed by atoms with van der Waals surface area (Å²) in [6.07, 6.45) is -1.63. The molecule has 0 radical (unpaired) electrons. The number of nitrogens with zero attached hydrogens (tertiary/aromatic N) is 1. The summed E-state index contributed by atoms with van der Waals surface area (Å²) in [6.45, 7) is 0.141. The molecule has 0 spiro atoms. The zero-order valence-electron chi connectivity index (χ0n) is 18.5. The molecule has 6 heteroatoms. The van der Waals surface area contributed by atoms with E-state index in [9.17, 15) is 15.0 Å². The molecular formula is C29H21ClFNO3. The van der Waals surface area contributed by atoms with Crippen molar-refractivity contribution < 1.29 is 19.4 Å². The number of anilines is 1. The number of benzene rings is 4. The molecule has 1 amide bonds. The van der Waals surface area contributed by atoms with Crippen LogP contribution in [0.5, 0.6) is 0 Å². The summed E-state index contributed by atoms with van der Waals surface area (Å²) in [5, 5.41) is 19.7. The molecule has 4 aromatic carbocycles. The highest BCUT2D eigenvalue weighted by molar-refractivity contribution is 6.39. The summed E-state index contributed by atoms with van der Waals surface area (Å²) < 4.78 is 15.4. The number of carbonyl (C=O) groups is 1. The van der Waals surface area contributed by atoms with Gasteiger partial charge in [0, 0.05) is 21.7 Å². The van der Waals surface area contributed by atoms with Crippen molar-refractivity contribution in [3.8, 4) is 0 Å². The standard InChI is InChI=1S/C29H21ClFNO3/c30-22-14-12-20(13-15-22)25(19-7-2-1-3-8-19)27-26-23(31)10-5-11-24(26)32(28(27)33)17-18-6-4-9-21(16-18)29(34)35/h1-16,29,34-35H,17H2/b27-25+. The summed E-state index contributed by atoms with van der Waals surface area (Å²) in [5.41, 5.74) is 4.10. The molecule has 0 atom stereocenters. The van der Waals surface area contributed by atoms with Crippen molar-refractivity contribution >= 4 is 34.3 Å². The lowest BCUT2D eigenvalue weighted by Crippen LogP contribution is -2.26. The van der Waals surface area contributed by atoms with Crippen LogP contribution < -0.4 is 4.90 Å². The number of halogens is 2. The van der Waals surface area contributed by atoms with Gasteiger partial charge in [-0.1, -0.05) is 78.3 Å². The third-order valence-electron chi connectivity index (χ3n) is 6.03. The monoisotopic (exact) mass is 485 g/mol. The van der Waals surface area contributed by atoms with E-state index in [4.69, 9.17) is 11.6 Å². The molecule has 5 rings (SSSR count). The van der Waals surface area contributed by atoms with Crippen molar-refractivity contribution in [2.24, 2.45) is 0 Å². The molecule has 35 heavy (non-hydrogen) atoms. The Morgan fingerprint density at radius 3 is 2.26 bits per heavy atom. The molecule has 0 bridgehead atoms. The van der Waals surface area contributed by atoms with Gasteiger partial charge in [0.2, 0.25) is 0 Å². The van der Waals surface area contributed by atoms with Gasteiger partial charge in [-0.25, -0.2) is 4.39 Å². The minimum Gasteiger partial charge on any atom is -0.364 e. The van der Waals surface area contributed by atoms with Gasteiger partial charge in [0.15, 0.2) is 6.29 Å². The highest BCUT2D eigenvalue weighted by atomic mass is 35.5.